The Balaban J connectivity index is 1.71. The van der Waals surface area contributed by atoms with Gasteiger partial charge in [-0.2, -0.15) is 0 Å². The van der Waals surface area contributed by atoms with Gasteiger partial charge in [-0.25, -0.2) is 4.98 Å². The van der Waals surface area contributed by atoms with E-state index in [0.29, 0.717) is 30.8 Å². The number of nitrogens with zero attached hydrogens (tertiary/aromatic N) is 4. The molecule has 3 heterocycles. The monoisotopic (exact) mass is 322 g/mol. The molecule has 24 heavy (non-hydrogen) atoms. The first-order valence-corrected chi connectivity index (χ1v) is 7.93. The number of benzene rings is 1. The molecule has 0 spiro atoms. The summed E-state index contributed by atoms with van der Waals surface area (Å²) >= 11 is 0. The molecule has 122 valence electrons. The van der Waals surface area contributed by atoms with Crippen molar-refractivity contribution in [1.82, 2.24) is 19.0 Å². The fourth-order valence-electron chi connectivity index (χ4n) is 3.37. The molecule has 0 radical (unpaired) electrons. The first-order valence-electron chi connectivity index (χ1n) is 7.93. The SMILES string of the molecule is Cn1cnc2c(c1=O)CCN(C(=O)c1cn(C)c3ccccc13)C2. The number of hydrogen-bond donors (Lipinski definition) is 0. The molecule has 0 unspecified atom stereocenters. The van der Waals surface area contributed by atoms with Crippen LogP contribution in [0.15, 0.2) is 41.6 Å². The largest absolute Gasteiger partial charge is 0.350 e. The summed E-state index contributed by atoms with van der Waals surface area (Å²) in [5, 5.41) is 0.952. The van der Waals surface area contributed by atoms with Crippen LogP contribution in [0, 0.1) is 0 Å². The average Bonchev–Trinajstić information content (AvgIpc) is 2.94. The number of carbonyl (C=O) groups excluding carboxylic acids is 1. The van der Waals surface area contributed by atoms with Crippen molar-refractivity contribution in [3.63, 3.8) is 0 Å². The van der Waals surface area contributed by atoms with Crippen LogP contribution in [0.4, 0.5) is 0 Å². The van der Waals surface area contributed by atoms with Crippen LogP contribution in [0.25, 0.3) is 10.9 Å². The summed E-state index contributed by atoms with van der Waals surface area (Å²) < 4.78 is 3.45. The second-order valence-corrected chi connectivity index (χ2v) is 6.23. The highest BCUT2D eigenvalue weighted by atomic mass is 16.2. The number of para-hydroxylation sites is 1. The van der Waals surface area contributed by atoms with E-state index in [4.69, 9.17) is 0 Å². The van der Waals surface area contributed by atoms with Crippen molar-refractivity contribution >= 4 is 16.8 Å². The molecule has 0 fully saturated rings. The molecule has 2 aromatic heterocycles. The Hall–Kier alpha value is -2.89. The van der Waals surface area contributed by atoms with Crippen LogP contribution >= 0.6 is 0 Å². The van der Waals surface area contributed by atoms with Gasteiger partial charge in [-0.3, -0.25) is 9.59 Å². The summed E-state index contributed by atoms with van der Waals surface area (Å²) in [5.74, 6) is -0.0140. The van der Waals surface area contributed by atoms with Gasteiger partial charge >= 0.3 is 0 Å². The lowest BCUT2D eigenvalue weighted by Crippen LogP contribution is -2.40. The number of hydrogen-bond acceptors (Lipinski definition) is 3. The number of aryl methyl sites for hydroxylation is 2. The molecule has 1 amide bonds. The van der Waals surface area contributed by atoms with Gasteiger partial charge in [0.25, 0.3) is 11.5 Å². The molecule has 1 aromatic carbocycles. The van der Waals surface area contributed by atoms with Crippen LogP contribution in [-0.2, 0) is 27.1 Å². The zero-order valence-corrected chi connectivity index (χ0v) is 13.7. The smallest absolute Gasteiger partial charge is 0.256 e. The Morgan fingerprint density at radius 1 is 1.17 bits per heavy atom. The van der Waals surface area contributed by atoms with Crippen LogP contribution in [0.5, 0.6) is 0 Å². The van der Waals surface area contributed by atoms with Gasteiger partial charge in [-0.15, -0.1) is 0 Å². The topological polar surface area (TPSA) is 60.1 Å². The quantitative estimate of drug-likeness (QED) is 0.682. The zero-order chi connectivity index (χ0) is 16.8. The van der Waals surface area contributed by atoms with Gasteiger partial charge in [0.05, 0.1) is 24.1 Å². The van der Waals surface area contributed by atoms with E-state index < -0.39 is 0 Å². The van der Waals surface area contributed by atoms with Crippen LogP contribution < -0.4 is 5.56 Å². The summed E-state index contributed by atoms with van der Waals surface area (Å²) in [7, 11) is 3.64. The second-order valence-electron chi connectivity index (χ2n) is 6.23. The van der Waals surface area contributed by atoms with E-state index in [-0.39, 0.29) is 11.5 Å². The Morgan fingerprint density at radius 3 is 2.79 bits per heavy atom. The maximum Gasteiger partial charge on any atom is 0.256 e. The number of aromatic nitrogens is 3. The number of fused-ring (bicyclic) bond motifs is 2. The first-order chi connectivity index (χ1) is 11.6. The highest BCUT2D eigenvalue weighted by Gasteiger charge is 2.26. The molecule has 0 bridgehead atoms. The Morgan fingerprint density at radius 2 is 1.96 bits per heavy atom. The van der Waals surface area contributed by atoms with Gasteiger partial charge in [-0.05, 0) is 12.5 Å². The molecule has 1 aliphatic rings. The third-order valence-electron chi connectivity index (χ3n) is 4.70. The predicted molar refractivity (Wildman–Crippen MR) is 90.8 cm³/mol. The Labute approximate surface area is 139 Å². The van der Waals surface area contributed by atoms with Crippen LogP contribution in [0.3, 0.4) is 0 Å². The zero-order valence-electron chi connectivity index (χ0n) is 13.7. The third kappa shape index (κ3) is 2.14. The van der Waals surface area contributed by atoms with E-state index in [1.54, 1.807) is 11.9 Å². The Bertz CT molecular complexity index is 1020. The maximum absolute atomic E-state index is 13.0. The molecule has 0 N–H and O–H groups in total. The van der Waals surface area contributed by atoms with E-state index in [2.05, 4.69) is 4.98 Å². The number of amides is 1. The molecule has 0 aliphatic carbocycles. The van der Waals surface area contributed by atoms with Crippen molar-refractivity contribution < 1.29 is 4.79 Å². The summed E-state index contributed by atoms with van der Waals surface area (Å²) in [4.78, 5) is 31.3. The fraction of sp³-hybridized carbons (Fsp3) is 0.278. The normalized spacial score (nSPS) is 14.0. The summed E-state index contributed by atoms with van der Waals surface area (Å²) in [5.41, 5.74) is 3.14. The highest BCUT2D eigenvalue weighted by Crippen LogP contribution is 2.23. The van der Waals surface area contributed by atoms with Gasteiger partial charge in [0.1, 0.15) is 0 Å². The first kappa shape index (κ1) is 14.7. The van der Waals surface area contributed by atoms with E-state index in [1.165, 1.54) is 10.9 Å². The number of carbonyl (C=O) groups is 1. The van der Waals surface area contributed by atoms with Gasteiger partial charge < -0.3 is 14.0 Å². The lowest BCUT2D eigenvalue weighted by Gasteiger charge is -2.27. The lowest BCUT2D eigenvalue weighted by atomic mass is 10.0. The minimum atomic E-state index is -0.0164. The van der Waals surface area contributed by atoms with Crippen molar-refractivity contribution in [1.29, 1.82) is 0 Å². The molecular weight excluding hydrogens is 304 g/mol. The fourth-order valence-corrected chi connectivity index (χ4v) is 3.37. The molecule has 0 saturated heterocycles. The Kier molecular flexibility index (Phi) is 3.26. The molecular formula is C18H18N4O2. The van der Waals surface area contributed by atoms with Crippen molar-refractivity contribution in [3.8, 4) is 0 Å². The van der Waals surface area contributed by atoms with E-state index in [0.717, 1.165) is 16.5 Å². The van der Waals surface area contributed by atoms with E-state index in [1.807, 2.05) is 42.1 Å². The summed E-state index contributed by atoms with van der Waals surface area (Å²) in [6, 6.07) is 7.88. The molecule has 3 aromatic rings. The predicted octanol–water partition coefficient (Wildman–Crippen LogP) is 1.47. The van der Waals surface area contributed by atoms with Gasteiger partial charge in [0.15, 0.2) is 0 Å². The van der Waals surface area contributed by atoms with Crippen molar-refractivity contribution in [3.05, 3.63) is 64.0 Å². The molecule has 4 rings (SSSR count). The van der Waals surface area contributed by atoms with E-state index in [9.17, 15) is 9.59 Å². The van der Waals surface area contributed by atoms with Gasteiger partial charge in [0, 0.05) is 43.3 Å². The lowest BCUT2D eigenvalue weighted by molar-refractivity contribution is 0.0733. The third-order valence-corrected chi connectivity index (χ3v) is 4.70. The molecule has 0 atom stereocenters. The van der Waals surface area contributed by atoms with Crippen molar-refractivity contribution in [2.75, 3.05) is 6.54 Å². The summed E-state index contributed by atoms with van der Waals surface area (Å²) in [6.07, 6.45) is 3.94. The molecule has 0 saturated carbocycles. The minimum Gasteiger partial charge on any atom is -0.350 e. The van der Waals surface area contributed by atoms with Gasteiger partial charge in [0.2, 0.25) is 0 Å². The number of rotatable bonds is 1. The van der Waals surface area contributed by atoms with E-state index >= 15 is 0 Å². The maximum atomic E-state index is 13.0. The van der Waals surface area contributed by atoms with Crippen LogP contribution in [-0.4, -0.2) is 31.5 Å². The van der Waals surface area contributed by atoms with Crippen molar-refractivity contribution in [2.24, 2.45) is 14.1 Å². The molecule has 6 heteroatoms. The highest BCUT2D eigenvalue weighted by molar-refractivity contribution is 6.07. The standard InChI is InChI=1S/C18H18N4O2/c1-20-9-14(12-5-3-4-6-16(12)20)18(24)22-8-7-13-15(10-22)19-11-21(2)17(13)23/h3-6,9,11H,7-8,10H2,1-2H3. The van der Waals surface area contributed by atoms with Crippen molar-refractivity contribution in [2.45, 2.75) is 13.0 Å². The molecule has 1 aliphatic heterocycles. The molecule has 6 nitrogen and oxygen atoms in total. The van der Waals surface area contributed by atoms with Crippen LogP contribution in [0.2, 0.25) is 0 Å². The summed E-state index contributed by atoms with van der Waals surface area (Å²) in [6.45, 7) is 0.920. The minimum absolute atomic E-state index is 0.0140. The average molecular weight is 322 g/mol. The second kappa shape index (κ2) is 5.33. The van der Waals surface area contributed by atoms with Crippen LogP contribution in [0.1, 0.15) is 21.6 Å². The van der Waals surface area contributed by atoms with Gasteiger partial charge in [-0.1, -0.05) is 18.2 Å².